The summed E-state index contributed by atoms with van der Waals surface area (Å²) in [5, 5.41) is 1.27. The van der Waals surface area contributed by atoms with Crippen LogP contribution in [0.2, 0.25) is 10.0 Å². The molecule has 9 heavy (non-hydrogen) atoms. The van der Waals surface area contributed by atoms with Crippen LogP contribution >= 0.6 is 23.2 Å². The number of benzene rings is 1. The predicted octanol–water partition coefficient (Wildman–Crippen LogP) is 1.79. The summed E-state index contributed by atoms with van der Waals surface area (Å²) in [6.45, 7) is 0. The molecule has 0 aliphatic carbocycles. The van der Waals surface area contributed by atoms with Gasteiger partial charge in [0.1, 0.15) is 0 Å². The number of halogens is 2. The second-order valence-electron chi connectivity index (χ2n) is 1.87. The summed E-state index contributed by atoms with van der Waals surface area (Å²) < 4.78 is 1.02. The van der Waals surface area contributed by atoms with Crippen LogP contribution in [0.25, 0.3) is 0 Å². The van der Waals surface area contributed by atoms with Gasteiger partial charge in [-0.3, -0.25) is 0 Å². The van der Waals surface area contributed by atoms with E-state index < -0.39 is 0 Å². The summed E-state index contributed by atoms with van der Waals surface area (Å²) in [7, 11) is 0. The molecule has 0 aliphatic heterocycles. The van der Waals surface area contributed by atoms with Gasteiger partial charge in [0.2, 0.25) is 0 Å². The fourth-order valence-electron chi connectivity index (χ4n) is 0.612. The number of hydrogen-bond acceptors (Lipinski definition) is 0. The van der Waals surface area contributed by atoms with Crippen LogP contribution in [0.1, 0.15) is 0 Å². The van der Waals surface area contributed by atoms with Gasteiger partial charge in [0, 0.05) is 0 Å². The third-order valence-corrected chi connectivity index (χ3v) is 2.06. The van der Waals surface area contributed by atoms with E-state index in [0.717, 1.165) is 4.24 Å². The van der Waals surface area contributed by atoms with Crippen LogP contribution in [0.4, 0.5) is 0 Å². The Kier molecular flexibility index (Phi) is 2.49. The topological polar surface area (TPSA) is 0 Å². The zero-order valence-electron chi connectivity index (χ0n) is 4.99. The number of hydrogen-bond donors (Lipinski definition) is 0. The monoisotopic (exact) mass is 152 g/mol. The molecule has 0 fully saturated rings. The first-order valence-electron chi connectivity index (χ1n) is 2.62. The molecule has 42 valence electrons. The fourth-order valence-corrected chi connectivity index (χ4v) is 0.959. The molecular formula is C6H3Cl2Li. The van der Waals surface area contributed by atoms with E-state index in [-0.39, 0.29) is 0 Å². The molecule has 1 aromatic rings. The van der Waals surface area contributed by atoms with E-state index in [1.54, 1.807) is 6.07 Å². The Bertz CT molecular complexity index is 202. The third-order valence-electron chi connectivity index (χ3n) is 1.14. The molecule has 0 unspecified atom stereocenters. The standard InChI is InChI=1S/C6H3Cl2.Li/c7-5-3-1-2-4-6(5)8;/h1-3H;. The summed E-state index contributed by atoms with van der Waals surface area (Å²) in [5.74, 6) is 0. The second-order valence-corrected chi connectivity index (χ2v) is 2.66. The van der Waals surface area contributed by atoms with Crippen molar-refractivity contribution < 1.29 is 0 Å². The Morgan fingerprint density at radius 3 is 2.33 bits per heavy atom. The minimum absolute atomic E-state index is 0.622. The Labute approximate surface area is 73.4 Å². The quantitative estimate of drug-likeness (QED) is 0.498. The molecule has 0 atom stereocenters. The van der Waals surface area contributed by atoms with Gasteiger partial charge in [-0.25, -0.2) is 0 Å². The van der Waals surface area contributed by atoms with Crippen molar-refractivity contribution in [3.8, 4) is 0 Å². The Morgan fingerprint density at radius 2 is 1.89 bits per heavy atom. The van der Waals surface area contributed by atoms with Gasteiger partial charge < -0.3 is 0 Å². The third kappa shape index (κ3) is 1.66. The first-order valence-corrected chi connectivity index (χ1v) is 3.38. The molecule has 1 aromatic carbocycles. The molecule has 0 amide bonds. The molecule has 1 rings (SSSR count). The maximum atomic E-state index is 5.75. The van der Waals surface area contributed by atoms with Crippen molar-refractivity contribution in [3.63, 3.8) is 0 Å². The zero-order valence-corrected chi connectivity index (χ0v) is 6.50. The number of rotatable bonds is 0. The van der Waals surface area contributed by atoms with Gasteiger partial charge in [-0.2, -0.15) is 0 Å². The molecule has 0 spiro atoms. The van der Waals surface area contributed by atoms with E-state index >= 15 is 0 Å². The Morgan fingerprint density at radius 1 is 1.22 bits per heavy atom. The van der Waals surface area contributed by atoms with E-state index in [1.165, 1.54) is 0 Å². The molecule has 0 aliphatic rings. The van der Waals surface area contributed by atoms with Crippen LogP contribution in [-0.2, 0) is 0 Å². The van der Waals surface area contributed by atoms with Gasteiger partial charge in [0.05, 0.1) is 0 Å². The predicted molar refractivity (Wildman–Crippen MR) is 41.9 cm³/mol. The van der Waals surface area contributed by atoms with E-state index in [9.17, 15) is 0 Å². The average Bonchev–Trinajstić information content (AvgIpc) is 1.83. The normalized spacial score (nSPS) is 9.78. The Balaban J connectivity index is 3.25. The molecule has 0 radical (unpaired) electrons. The van der Waals surface area contributed by atoms with Crippen molar-refractivity contribution in [2.45, 2.75) is 0 Å². The molecule has 0 heterocycles. The van der Waals surface area contributed by atoms with Gasteiger partial charge in [-0.15, -0.1) is 0 Å². The Hall–Kier alpha value is 0.397. The summed E-state index contributed by atoms with van der Waals surface area (Å²) >= 11 is 13.4. The molecule has 0 aromatic heterocycles. The average molecular weight is 153 g/mol. The first kappa shape index (κ1) is 7.50. The molecule has 3 heteroatoms. The van der Waals surface area contributed by atoms with E-state index in [4.69, 9.17) is 23.2 Å². The van der Waals surface area contributed by atoms with Crippen LogP contribution in [0, 0.1) is 0 Å². The van der Waals surface area contributed by atoms with E-state index in [1.807, 2.05) is 29.8 Å². The van der Waals surface area contributed by atoms with Gasteiger partial charge in [0.15, 0.2) is 0 Å². The van der Waals surface area contributed by atoms with Crippen LogP contribution in [-0.4, -0.2) is 17.7 Å². The summed E-state index contributed by atoms with van der Waals surface area (Å²) in [6, 6.07) is 5.58. The van der Waals surface area contributed by atoms with E-state index in [2.05, 4.69) is 0 Å². The van der Waals surface area contributed by atoms with Crippen LogP contribution < -0.4 is 4.24 Å². The van der Waals surface area contributed by atoms with Crippen LogP contribution in [0.5, 0.6) is 0 Å². The molecule has 0 saturated carbocycles. The van der Waals surface area contributed by atoms with Crippen molar-refractivity contribution in [1.82, 2.24) is 0 Å². The van der Waals surface area contributed by atoms with Gasteiger partial charge in [-0.05, 0) is 0 Å². The van der Waals surface area contributed by atoms with E-state index in [0.29, 0.717) is 10.0 Å². The van der Waals surface area contributed by atoms with Crippen molar-refractivity contribution in [2.75, 3.05) is 0 Å². The fraction of sp³-hybridized carbons (Fsp3) is 0. The molecule has 0 N–H and O–H groups in total. The zero-order chi connectivity index (χ0) is 6.85. The second kappa shape index (κ2) is 2.99. The van der Waals surface area contributed by atoms with Crippen LogP contribution in [0.3, 0.4) is 0 Å². The van der Waals surface area contributed by atoms with Gasteiger partial charge >= 0.3 is 73.4 Å². The SMILES string of the molecule is [Li][c]1cccc(Cl)c1Cl. The van der Waals surface area contributed by atoms with Crippen molar-refractivity contribution in [1.29, 1.82) is 0 Å². The van der Waals surface area contributed by atoms with Gasteiger partial charge in [0.25, 0.3) is 0 Å². The van der Waals surface area contributed by atoms with Crippen molar-refractivity contribution in [3.05, 3.63) is 28.2 Å². The summed E-state index contributed by atoms with van der Waals surface area (Å²) in [5.41, 5.74) is 0. The van der Waals surface area contributed by atoms with Gasteiger partial charge in [-0.1, -0.05) is 0 Å². The van der Waals surface area contributed by atoms with Crippen LogP contribution in [0.15, 0.2) is 18.2 Å². The molecule has 0 bridgehead atoms. The van der Waals surface area contributed by atoms with Crippen molar-refractivity contribution in [2.24, 2.45) is 0 Å². The van der Waals surface area contributed by atoms with Crippen molar-refractivity contribution >= 4 is 45.2 Å². The first-order chi connectivity index (χ1) is 4.22. The molecular weight excluding hydrogens is 150 g/mol. The minimum atomic E-state index is 0.622. The maximum absolute atomic E-state index is 5.75. The molecule has 0 nitrogen and oxygen atoms in total. The summed E-state index contributed by atoms with van der Waals surface area (Å²) in [4.78, 5) is 0. The summed E-state index contributed by atoms with van der Waals surface area (Å²) in [6.07, 6.45) is 0. The molecule has 0 saturated heterocycles.